The molecule has 0 aliphatic carbocycles. The maximum atomic E-state index is 13.0. The van der Waals surface area contributed by atoms with E-state index in [1.807, 2.05) is 20.8 Å². The van der Waals surface area contributed by atoms with Gasteiger partial charge in [0.25, 0.3) is 0 Å². The zero-order valence-corrected chi connectivity index (χ0v) is 17.9. The minimum atomic E-state index is -3.88. The number of hydrogen-bond donors (Lipinski definition) is 1. The molecule has 1 aromatic carbocycles. The van der Waals surface area contributed by atoms with Crippen molar-refractivity contribution >= 4 is 31.0 Å². The molecule has 0 unspecified atom stereocenters. The van der Waals surface area contributed by atoms with Crippen molar-refractivity contribution in [3.8, 4) is 0 Å². The minimum Gasteiger partial charge on any atom is -0.391 e. The molecule has 5 nitrogen and oxygen atoms in total. The molecule has 0 aliphatic heterocycles. The van der Waals surface area contributed by atoms with Gasteiger partial charge in [0.1, 0.15) is 4.21 Å². The molecule has 0 fully saturated rings. The van der Waals surface area contributed by atoms with Crippen molar-refractivity contribution in [2.75, 3.05) is 0 Å². The Hall–Kier alpha value is -1.22. The number of rotatable bonds is 5. The Bertz CT molecular complexity index is 1010. The van der Waals surface area contributed by atoms with Crippen molar-refractivity contribution in [2.45, 2.75) is 65.9 Å². The lowest BCUT2D eigenvalue weighted by Gasteiger charge is -2.21. The zero-order chi connectivity index (χ0) is 19.9. The Balaban J connectivity index is 2.76. The molecule has 0 aliphatic rings. The van der Waals surface area contributed by atoms with Crippen molar-refractivity contribution in [2.24, 2.45) is 0 Å². The summed E-state index contributed by atoms with van der Waals surface area (Å²) in [5.74, 6) is 0. The van der Waals surface area contributed by atoms with E-state index in [1.54, 1.807) is 26.0 Å². The fourth-order valence-corrected chi connectivity index (χ4v) is 6.19. The molecular weight excluding hydrogens is 392 g/mol. The van der Waals surface area contributed by atoms with Crippen LogP contribution in [0.4, 0.5) is 0 Å². The van der Waals surface area contributed by atoms with E-state index in [9.17, 15) is 21.9 Å². The first-order valence-electron chi connectivity index (χ1n) is 8.14. The van der Waals surface area contributed by atoms with Crippen molar-refractivity contribution in [1.82, 2.24) is 0 Å². The van der Waals surface area contributed by atoms with Crippen LogP contribution >= 0.6 is 11.3 Å². The fraction of sp³-hybridized carbons (Fsp3) is 0.444. The van der Waals surface area contributed by atoms with Gasteiger partial charge >= 0.3 is 0 Å². The molecule has 0 bridgehead atoms. The summed E-state index contributed by atoms with van der Waals surface area (Å²) in [6.07, 6.45) is 0. The van der Waals surface area contributed by atoms with Crippen LogP contribution in [-0.4, -0.2) is 27.2 Å². The number of aliphatic hydroxyl groups excluding tert-OH is 1. The highest BCUT2D eigenvalue weighted by Gasteiger charge is 2.28. The van der Waals surface area contributed by atoms with E-state index in [1.165, 1.54) is 18.2 Å². The molecule has 144 valence electrons. The van der Waals surface area contributed by atoms with Gasteiger partial charge in [0.05, 0.1) is 21.6 Å². The predicted octanol–water partition coefficient (Wildman–Crippen LogP) is 3.55. The summed E-state index contributed by atoms with van der Waals surface area (Å²) in [5.41, 5.74) is 0.218. The first-order valence-corrected chi connectivity index (χ1v) is 12.0. The van der Waals surface area contributed by atoms with Gasteiger partial charge in [0, 0.05) is 4.88 Å². The van der Waals surface area contributed by atoms with E-state index in [0.29, 0.717) is 10.4 Å². The topological polar surface area (TPSA) is 88.5 Å². The molecule has 0 saturated carbocycles. The maximum absolute atomic E-state index is 13.0. The smallest absolute Gasteiger partial charge is 0.216 e. The molecule has 1 heterocycles. The third-order valence-electron chi connectivity index (χ3n) is 4.06. The average Bonchev–Trinajstić information content (AvgIpc) is 3.03. The molecule has 26 heavy (non-hydrogen) atoms. The number of benzene rings is 1. The molecule has 0 atom stereocenters. The zero-order valence-electron chi connectivity index (χ0n) is 15.5. The largest absolute Gasteiger partial charge is 0.391 e. The highest BCUT2D eigenvalue weighted by atomic mass is 32.2. The highest BCUT2D eigenvalue weighted by Crippen LogP contribution is 2.34. The molecule has 0 saturated heterocycles. The number of thiophene rings is 1. The van der Waals surface area contributed by atoms with Crippen LogP contribution in [0.1, 0.15) is 45.1 Å². The lowest BCUT2D eigenvalue weighted by Crippen LogP contribution is -2.18. The molecule has 2 rings (SSSR count). The average molecular weight is 417 g/mol. The van der Waals surface area contributed by atoms with Crippen LogP contribution in [0.3, 0.4) is 0 Å². The number of aliphatic hydroxyl groups is 1. The van der Waals surface area contributed by atoms with Gasteiger partial charge in [-0.1, -0.05) is 20.8 Å². The molecule has 2 aromatic rings. The number of sulfone groups is 2. The summed E-state index contributed by atoms with van der Waals surface area (Å²) >= 11 is 0.980. The van der Waals surface area contributed by atoms with Gasteiger partial charge in [-0.05, 0) is 55.2 Å². The normalized spacial score (nSPS) is 13.3. The lowest BCUT2D eigenvalue weighted by atomic mass is 9.87. The van der Waals surface area contributed by atoms with E-state index in [0.717, 1.165) is 11.3 Å². The Morgan fingerprint density at radius 3 is 2.04 bits per heavy atom. The van der Waals surface area contributed by atoms with E-state index >= 15 is 0 Å². The molecule has 0 amide bonds. The van der Waals surface area contributed by atoms with Crippen LogP contribution in [0.2, 0.25) is 0 Å². The molecule has 0 radical (unpaired) electrons. The Labute approximate surface area is 159 Å². The summed E-state index contributed by atoms with van der Waals surface area (Å²) in [6.45, 7) is 8.61. The maximum Gasteiger partial charge on any atom is 0.216 e. The first kappa shape index (κ1) is 21.1. The monoisotopic (exact) mass is 416 g/mol. The third kappa shape index (κ3) is 4.03. The summed E-state index contributed by atoms with van der Waals surface area (Å²) < 4.78 is 51.4. The Morgan fingerprint density at radius 1 is 1.00 bits per heavy atom. The van der Waals surface area contributed by atoms with Crippen LogP contribution in [0.25, 0.3) is 0 Å². The molecule has 0 spiro atoms. The second kappa shape index (κ2) is 7.07. The summed E-state index contributed by atoms with van der Waals surface area (Å²) in [4.78, 5) is 0.499. The van der Waals surface area contributed by atoms with Crippen LogP contribution in [-0.2, 0) is 31.7 Å². The van der Waals surface area contributed by atoms with Crippen molar-refractivity contribution in [3.05, 3.63) is 40.8 Å². The molecule has 1 aromatic heterocycles. The van der Waals surface area contributed by atoms with Crippen molar-refractivity contribution in [3.63, 3.8) is 0 Å². The van der Waals surface area contributed by atoms with E-state index < -0.39 is 30.3 Å². The molecule has 1 N–H and O–H groups in total. The van der Waals surface area contributed by atoms with Gasteiger partial charge in [-0.2, -0.15) is 0 Å². The van der Waals surface area contributed by atoms with Crippen molar-refractivity contribution in [1.29, 1.82) is 0 Å². The van der Waals surface area contributed by atoms with Crippen molar-refractivity contribution < 1.29 is 21.9 Å². The summed E-state index contributed by atoms with van der Waals surface area (Å²) in [7, 11) is -7.50. The summed E-state index contributed by atoms with van der Waals surface area (Å²) in [5, 5.41) is 8.53. The Kier molecular flexibility index (Phi) is 5.73. The van der Waals surface area contributed by atoms with Crippen LogP contribution in [0, 0.1) is 0 Å². The summed E-state index contributed by atoms with van der Waals surface area (Å²) in [6, 6.07) is 7.32. The highest BCUT2D eigenvalue weighted by molar-refractivity contribution is 7.93. The lowest BCUT2D eigenvalue weighted by molar-refractivity contribution is 0.285. The third-order valence-corrected chi connectivity index (χ3v) is 9.49. The molecule has 8 heteroatoms. The molecular formula is C18H24O5S3. The SMILES string of the molecule is CC(C)S(=O)(=O)c1cc(C(C)(C)C)cc(S(=O)(=O)c2ccc(CO)s2)c1. The fourth-order valence-electron chi connectivity index (χ4n) is 2.30. The van der Waals surface area contributed by atoms with E-state index in [-0.39, 0.29) is 20.6 Å². The number of hydrogen-bond acceptors (Lipinski definition) is 6. The van der Waals surface area contributed by atoms with E-state index in [4.69, 9.17) is 0 Å². The van der Waals surface area contributed by atoms with Crippen LogP contribution in [0.15, 0.2) is 44.3 Å². The van der Waals surface area contributed by atoms with Gasteiger partial charge in [-0.3, -0.25) is 0 Å². The van der Waals surface area contributed by atoms with Gasteiger partial charge < -0.3 is 5.11 Å². The van der Waals surface area contributed by atoms with Crippen LogP contribution in [0.5, 0.6) is 0 Å². The Morgan fingerprint density at radius 2 is 1.58 bits per heavy atom. The first-order chi connectivity index (χ1) is 11.8. The van der Waals surface area contributed by atoms with Gasteiger partial charge in [0.2, 0.25) is 9.84 Å². The van der Waals surface area contributed by atoms with E-state index in [2.05, 4.69) is 0 Å². The standard InChI is InChI=1S/C18H24O5S3/c1-12(2)25(20,21)15-8-13(18(3,4)5)9-16(10-15)26(22,23)17-7-6-14(11-19)24-17/h6-10,12,19H,11H2,1-5H3. The predicted molar refractivity (Wildman–Crippen MR) is 103 cm³/mol. The second-order valence-corrected chi connectivity index (χ2v) is 13.3. The second-order valence-electron chi connectivity index (χ2n) is 7.42. The van der Waals surface area contributed by atoms with Crippen LogP contribution < -0.4 is 0 Å². The van der Waals surface area contributed by atoms with Gasteiger partial charge in [-0.25, -0.2) is 16.8 Å². The quantitative estimate of drug-likeness (QED) is 0.805. The van der Waals surface area contributed by atoms with Gasteiger partial charge in [0.15, 0.2) is 9.84 Å². The minimum absolute atomic E-state index is 0.0115. The van der Waals surface area contributed by atoms with Gasteiger partial charge in [-0.15, -0.1) is 11.3 Å².